The fourth-order valence-corrected chi connectivity index (χ4v) is 4.61. The zero-order valence-electron chi connectivity index (χ0n) is 13.7. The standard InChI is InChI=1S/C14H16ClN5O5S/c1-8-6-9(7-10(11(8)15)12(21)22)26(24,25)20-4-2-14(23,3-5-20)13-16-18-19-17-13/h6-7,23H,2-5H2,1H3,(H,21,22)(H,16,17,18,19). The van der Waals surface area contributed by atoms with Gasteiger partial charge in [0.25, 0.3) is 0 Å². The van der Waals surface area contributed by atoms with Gasteiger partial charge in [-0.3, -0.25) is 0 Å². The summed E-state index contributed by atoms with van der Waals surface area (Å²) < 4.78 is 27.0. The topological polar surface area (TPSA) is 149 Å². The van der Waals surface area contributed by atoms with E-state index in [4.69, 9.17) is 11.6 Å². The lowest BCUT2D eigenvalue weighted by molar-refractivity contribution is -0.0174. The quantitative estimate of drug-likeness (QED) is 0.671. The summed E-state index contributed by atoms with van der Waals surface area (Å²) in [6.45, 7) is 1.59. The zero-order valence-corrected chi connectivity index (χ0v) is 15.2. The number of aromatic carboxylic acids is 1. The lowest BCUT2D eigenvalue weighted by atomic mass is 9.92. The summed E-state index contributed by atoms with van der Waals surface area (Å²) in [5.74, 6) is -1.19. The summed E-state index contributed by atoms with van der Waals surface area (Å²) in [5, 5.41) is 33.0. The molecule has 12 heteroatoms. The van der Waals surface area contributed by atoms with Crippen molar-refractivity contribution in [1.82, 2.24) is 24.9 Å². The molecule has 140 valence electrons. The highest BCUT2D eigenvalue weighted by atomic mass is 35.5. The summed E-state index contributed by atoms with van der Waals surface area (Å²) >= 11 is 5.95. The zero-order chi connectivity index (χ0) is 19.1. The van der Waals surface area contributed by atoms with Crippen LogP contribution in [0.15, 0.2) is 17.0 Å². The summed E-state index contributed by atoms with van der Waals surface area (Å²) in [6, 6.07) is 2.39. The Morgan fingerprint density at radius 1 is 1.35 bits per heavy atom. The summed E-state index contributed by atoms with van der Waals surface area (Å²) in [4.78, 5) is 11.1. The van der Waals surface area contributed by atoms with Crippen LogP contribution in [0.4, 0.5) is 0 Å². The van der Waals surface area contributed by atoms with Crippen molar-refractivity contribution in [3.05, 3.63) is 34.1 Å². The Balaban J connectivity index is 1.88. The van der Waals surface area contributed by atoms with Crippen LogP contribution in [0.1, 0.15) is 34.6 Å². The number of tetrazole rings is 1. The van der Waals surface area contributed by atoms with Crippen molar-refractivity contribution in [1.29, 1.82) is 0 Å². The maximum absolute atomic E-state index is 12.9. The number of carboxylic acids is 1. The molecule has 3 rings (SSSR count). The Kier molecular flexibility index (Phi) is 4.73. The molecule has 0 spiro atoms. The number of benzene rings is 1. The van der Waals surface area contributed by atoms with Gasteiger partial charge in [-0.15, -0.1) is 10.2 Å². The number of hydrogen-bond acceptors (Lipinski definition) is 7. The predicted molar refractivity (Wildman–Crippen MR) is 89.2 cm³/mol. The van der Waals surface area contributed by atoms with Crippen molar-refractivity contribution >= 4 is 27.6 Å². The second-order valence-electron chi connectivity index (χ2n) is 6.08. The van der Waals surface area contributed by atoms with Crippen LogP contribution in [-0.4, -0.2) is 62.6 Å². The van der Waals surface area contributed by atoms with Gasteiger partial charge in [0, 0.05) is 13.1 Å². The molecule has 26 heavy (non-hydrogen) atoms. The number of piperidine rings is 1. The first-order valence-electron chi connectivity index (χ1n) is 7.65. The Morgan fingerprint density at radius 3 is 2.54 bits per heavy atom. The molecule has 1 aliphatic heterocycles. The van der Waals surface area contributed by atoms with Gasteiger partial charge in [0.15, 0.2) is 0 Å². The van der Waals surface area contributed by atoms with Gasteiger partial charge in [-0.1, -0.05) is 16.8 Å². The molecule has 3 N–H and O–H groups in total. The molecule has 0 saturated carbocycles. The number of aromatic nitrogens is 4. The molecule has 0 aliphatic carbocycles. The number of aliphatic hydroxyl groups is 1. The van der Waals surface area contributed by atoms with Crippen molar-refractivity contribution < 1.29 is 23.4 Å². The van der Waals surface area contributed by atoms with Crippen LogP contribution in [-0.2, 0) is 15.6 Å². The third kappa shape index (κ3) is 3.18. The molecule has 1 aromatic heterocycles. The first-order valence-corrected chi connectivity index (χ1v) is 9.47. The number of nitrogens with zero attached hydrogens (tertiary/aromatic N) is 4. The van der Waals surface area contributed by atoms with E-state index in [9.17, 15) is 23.4 Å². The average Bonchev–Trinajstić information content (AvgIpc) is 3.12. The Morgan fingerprint density at radius 2 is 2.00 bits per heavy atom. The van der Waals surface area contributed by atoms with Crippen molar-refractivity contribution in [2.75, 3.05) is 13.1 Å². The number of carbonyl (C=O) groups is 1. The average molecular weight is 402 g/mol. The van der Waals surface area contributed by atoms with E-state index in [0.717, 1.165) is 6.07 Å². The first-order chi connectivity index (χ1) is 12.1. The Labute approximate surface area is 153 Å². The Bertz CT molecular complexity index is 939. The Hall–Kier alpha value is -2.08. The molecule has 0 radical (unpaired) electrons. The summed E-state index contributed by atoms with van der Waals surface area (Å²) in [6.07, 6.45) is 0.175. The highest BCUT2D eigenvalue weighted by Crippen LogP contribution is 2.33. The molecule has 1 aromatic carbocycles. The minimum atomic E-state index is -3.94. The van der Waals surface area contributed by atoms with E-state index in [-0.39, 0.29) is 47.2 Å². The largest absolute Gasteiger partial charge is 0.478 e. The molecule has 0 atom stereocenters. The van der Waals surface area contributed by atoms with Gasteiger partial charge in [-0.25, -0.2) is 13.2 Å². The smallest absolute Gasteiger partial charge is 0.337 e. The predicted octanol–water partition coefficient (Wildman–Crippen LogP) is 0.532. The number of aryl methyl sites for hydroxylation is 1. The number of hydrogen-bond donors (Lipinski definition) is 3. The van der Waals surface area contributed by atoms with Gasteiger partial charge < -0.3 is 10.2 Å². The van der Waals surface area contributed by atoms with Gasteiger partial charge in [0.1, 0.15) is 5.60 Å². The monoisotopic (exact) mass is 401 g/mol. The van der Waals surface area contributed by atoms with Gasteiger partial charge in [0.2, 0.25) is 15.8 Å². The van der Waals surface area contributed by atoms with E-state index in [1.165, 1.54) is 10.4 Å². The highest BCUT2D eigenvalue weighted by molar-refractivity contribution is 7.89. The molecule has 10 nitrogen and oxygen atoms in total. The third-order valence-corrected chi connectivity index (χ3v) is 6.79. The van der Waals surface area contributed by atoms with Gasteiger partial charge in [-0.2, -0.15) is 9.52 Å². The van der Waals surface area contributed by atoms with Crippen LogP contribution in [0.25, 0.3) is 0 Å². The van der Waals surface area contributed by atoms with E-state index in [1.807, 2.05) is 0 Å². The van der Waals surface area contributed by atoms with Crippen LogP contribution in [0.5, 0.6) is 0 Å². The molecular weight excluding hydrogens is 386 g/mol. The lowest BCUT2D eigenvalue weighted by Gasteiger charge is -2.35. The van der Waals surface area contributed by atoms with Crippen LogP contribution >= 0.6 is 11.6 Å². The molecule has 1 fully saturated rings. The van der Waals surface area contributed by atoms with Gasteiger partial charge >= 0.3 is 5.97 Å². The van der Waals surface area contributed by atoms with E-state index in [2.05, 4.69) is 20.6 Å². The maximum Gasteiger partial charge on any atom is 0.337 e. The van der Waals surface area contributed by atoms with E-state index >= 15 is 0 Å². The molecular formula is C14H16ClN5O5S. The second-order valence-corrected chi connectivity index (χ2v) is 8.39. The van der Waals surface area contributed by atoms with Crippen LogP contribution in [0.2, 0.25) is 5.02 Å². The van der Waals surface area contributed by atoms with E-state index in [1.54, 1.807) is 6.92 Å². The summed E-state index contributed by atoms with van der Waals surface area (Å²) in [7, 11) is -3.94. The number of nitrogens with one attached hydrogen (secondary N) is 1. The molecule has 0 bridgehead atoms. The normalized spacial score (nSPS) is 18.0. The van der Waals surface area contributed by atoms with Crippen molar-refractivity contribution in [3.63, 3.8) is 0 Å². The fraction of sp³-hybridized carbons (Fsp3) is 0.429. The molecule has 2 heterocycles. The molecule has 1 aliphatic rings. The molecule has 1 saturated heterocycles. The number of aromatic amines is 1. The fourth-order valence-electron chi connectivity index (χ4n) is 2.87. The van der Waals surface area contributed by atoms with Crippen molar-refractivity contribution in [2.24, 2.45) is 0 Å². The first kappa shape index (κ1) is 18.7. The lowest BCUT2D eigenvalue weighted by Crippen LogP contribution is -2.45. The number of H-pyrrole nitrogens is 1. The number of sulfonamides is 1. The number of halogens is 1. The molecule has 0 unspecified atom stereocenters. The maximum atomic E-state index is 12.9. The number of carboxylic acid groups (broad SMARTS) is 1. The molecule has 2 aromatic rings. The van der Waals surface area contributed by atoms with E-state index in [0.29, 0.717) is 5.56 Å². The van der Waals surface area contributed by atoms with Crippen LogP contribution < -0.4 is 0 Å². The van der Waals surface area contributed by atoms with E-state index < -0.39 is 21.6 Å². The van der Waals surface area contributed by atoms with Gasteiger partial charge in [0.05, 0.1) is 15.5 Å². The highest BCUT2D eigenvalue weighted by Gasteiger charge is 2.41. The van der Waals surface area contributed by atoms with Crippen molar-refractivity contribution in [3.8, 4) is 0 Å². The third-order valence-electron chi connectivity index (χ3n) is 4.41. The van der Waals surface area contributed by atoms with Crippen molar-refractivity contribution in [2.45, 2.75) is 30.3 Å². The second kappa shape index (κ2) is 6.58. The minimum Gasteiger partial charge on any atom is -0.478 e. The van der Waals surface area contributed by atoms with Crippen LogP contribution in [0, 0.1) is 6.92 Å². The minimum absolute atomic E-state index is 0.00146. The summed E-state index contributed by atoms with van der Waals surface area (Å²) in [5.41, 5.74) is -1.28. The van der Waals surface area contributed by atoms with Crippen LogP contribution in [0.3, 0.4) is 0 Å². The number of rotatable bonds is 4. The molecule has 0 amide bonds. The van der Waals surface area contributed by atoms with Gasteiger partial charge in [-0.05, 0) is 37.5 Å². The SMILES string of the molecule is Cc1cc(S(=O)(=O)N2CCC(O)(c3nn[nH]n3)CC2)cc(C(=O)O)c1Cl.